The van der Waals surface area contributed by atoms with Crippen molar-refractivity contribution in [2.45, 2.75) is 13.3 Å². The minimum Gasteiger partial charge on any atom is -0.370 e. The lowest BCUT2D eigenvalue weighted by Crippen LogP contribution is -2.24. The molecule has 25 heavy (non-hydrogen) atoms. The number of hydrogen-bond donors (Lipinski definition) is 2. The second-order valence-electron chi connectivity index (χ2n) is 5.77. The van der Waals surface area contributed by atoms with Gasteiger partial charge in [0.25, 0.3) is 5.91 Å². The molecule has 0 bridgehead atoms. The molecular weight excluding hydrogens is 319 g/mol. The van der Waals surface area contributed by atoms with Gasteiger partial charge in [-0.2, -0.15) is 9.38 Å². The van der Waals surface area contributed by atoms with Crippen molar-refractivity contribution in [1.82, 2.24) is 4.98 Å². The van der Waals surface area contributed by atoms with E-state index >= 15 is 0 Å². The average Bonchev–Trinajstić information content (AvgIpc) is 2.75. The molecule has 0 fully saturated rings. The normalized spacial score (nSPS) is 12.8. The molecule has 0 unspecified atom stereocenters. The number of aliphatic imine (C=N–C) groups is 1. The summed E-state index contributed by atoms with van der Waals surface area (Å²) in [6.45, 7) is 1.74. The molecule has 0 radical (unpaired) electrons. The lowest BCUT2D eigenvalue weighted by Gasteiger charge is -2.10. The van der Waals surface area contributed by atoms with Crippen LogP contribution in [0.25, 0.3) is 11.6 Å². The van der Waals surface area contributed by atoms with Gasteiger partial charge in [0.1, 0.15) is 0 Å². The van der Waals surface area contributed by atoms with Crippen LogP contribution in [0.4, 0.5) is 4.39 Å². The Morgan fingerprint density at radius 2 is 2.04 bits per heavy atom. The largest absolute Gasteiger partial charge is 0.370 e. The summed E-state index contributed by atoms with van der Waals surface area (Å²) in [4.78, 5) is 19.5. The molecule has 1 aliphatic carbocycles. The van der Waals surface area contributed by atoms with Crippen molar-refractivity contribution in [3.63, 3.8) is 0 Å². The zero-order chi connectivity index (χ0) is 18.0. The third kappa shape index (κ3) is 3.63. The Hall–Kier alpha value is -3.28. The Balaban J connectivity index is 1.98. The van der Waals surface area contributed by atoms with Gasteiger partial charge in [-0.3, -0.25) is 4.79 Å². The number of fused-ring (bicyclic) bond motifs is 1. The smallest absolute Gasteiger partial charge is 0.280 e. The van der Waals surface area contributed by atoms with Gasteiger partial charge >= 0.3 is 0 Å². The standard InChI is InChI=1S/C19H17FN4O/c1-11-5-8-16(17(20)23-11)13-4-2-3-12-6-7-14(10-15(12)9-13)18(25)24-19(21)22/h2-8,10H,9H2,1H3,(H4,21,22,24,25). The van der Waals surface area contributed by atoms with Crippen LogP contribution in [0.15, 0.2) is 47.5 Å². The highest BCUT2D eigenvalue weighted by atomic mass is 19.1. The SMILES string of the molecule is Cc1ccc(C2=CC=Cc3ccc(C(=O)N=C(N)N)cc3C2)c(F)n1. The lowest BCUT2D eigenvalue weighted by atomic mass is 9.95. The van der Waals surface area contributed by atoms with Gasteiger partial charge in [-0.15, -0.1) is 0 Å². The second kappa shape index (κ2) is 6.68. The van der Waals surface area contributed by atoms with Gasteiger partial charge in [0.2, 0.25) is 5.95 Å². The van der Waals surface area contributed by atoms with E-state index in [1.165, 1.54) is 0 Å². The summed E-state index contributed by atoms with van der Waals surface area (Å²) in [5, 5.41) is 0. The average molecular weight is 336 g/mol. The summed E-state index contributed by atoms with van der Waals surface area (Å²) < 4.78 is 14.2. The van der Waals surface area contributed by atoms with E-state index in [9.17, 15) is 9.18 Å². The second-order valence-corrected chi connectivity index (χ2v) is 5.77. The molecule has 1 aromatic carbocycles. The highest BCUT2D eigenvalue weighted by Crippen LogP contribution is 2.28. The molecule has 0 saturated heterocycles. The number of benzene rings is 1. The van der Waals surface area contributed by atoms with E-state index in [1.54, 1.807) is 31.2 Å². The first-order valence-corrected chi connectivity index (χ1v) is 7.71. The zero-order valence-electron chi connectivity index (χ0n) is 13.7. The van der Waals surface area contributed by atoms with Crippen LogP contribution in [0.2, 0.25) is 0 Å². The molecular formula is C19H17FN4O. The molecule has 3 rings (SSSR count). The Kier molecular flexibility index (Phi) is 4.43. The topological polar surface area (TPSA) is 94.4 Å². The summed E-state index contributed by atoms with van der Waals surface area (Å²) in [7, 11) is 0. The van der Waals surface area contributed by atoms with Crippen LogP contribution in [0.3, 0.4) is 0 Å². The highest BCUT2D eigenvalue weighted by molar-refractivity contribution is 6.02. The Labute approximate surface area is 144 Å². The molecule has 2 aromatic rings. The molecule has 0 spiro atoms. The lowest BCUT2D eigenvalue weighted by molar-refractivity contribution is 0.100. The molecule has 1 heterocycles. The number of carbonyl (C=O) groups is 1. The minimum absolute atomic E-state index is 0.284. The molecule has 6 heteroatoms. The van der Waals surface area contributed by atoms with Crippen molar-refractivity contribution >= 4 is 23.5 Å². The van der Waals surface area contributed by atoms with Crippen molar-refractivity contribution in [1.29, 1.82) is 0 Å². The summed E-state index contributed by atoms with van der Waals surface area (Å²) in [6.07, 6.45) is 6.09. The number of hydrogen-bond acceptors (Lipinski definition) is 2. The van der Waals surface area contributed by atoms with E-state index < -0.39 is 11.9 Å². The summed E-state index contributed by atoms with van der Waals surface area (Å²) in [5.41, 5.74) is 14.6. The van der Waals surface area contributed by atoms with Crippen molar-refractivity contribution in [2.75, 3.05) is 0 Å². The molecule has 0 aliphatic heterocycles. The van der Waals surface area contributed by atoms with Crippen molar-refractivity contribution in [3.05, 3.63) is 76.4 Å². The number of amides is 1. The van der Waals surface area contributed by atoms with Crippen LogP contribution in [0.1, 0.15) is 32.7 Å². The maximum absolute atomic E-state index is 14.2. The van der Waals surface area contributed by atoms with E-state index in [0.717, 1.165) is 16.7 Å². The molecule has 0 atom stereocenters. The van der Waals surface area contributed by atoms with Crippen LogP contribution >= 0.6 is 0 Å². The zero-order valence-corrected chi connectivity index (χ0v) is 13.7. The minimum atomic E-state index is -0.510. The summed E-state index contributed by atoms with van der Waals surface area (Å²) in [5.74, 6) is -1.30. The number of pyridine rings is 1. The monoisotopic (exact) mass is 336 g/mol. The van der Waals surface area contributed by atoms with E-state index in [0.29, 0.717) is 23.2 Å². The van der Waals surface area contributed by atoms with Crippen LogP contribution < -0.4 is 11.5 Å². The number of guanidine groups is 1. The Bertz CT molecular complexity index is 940. The quantitative estimate of drug-likeness (QED) is 0.501. The van der Waals surface area contributed by atoms with Gasteiger partial charge in [-0.1, -0.05) is 24.3 Å². The fourth-order valence-corrected chi connectivity index (χ4v) is 2.72. The first-order valence-electron chi connectivity index (χ1n) is 7.71. The maximum Gasteiger partial charge on any atom is 0.280 e. The van der Waals surface area contributed by atoms with Crippen LogP contribution in [0.5, 0.6) is 0 Å². The molecule has 4 N–H and O–H groups in total. The number of halogens is 1. The summed E-state index contributed by atoms with van der Waals surface area (Å²) in [6, 6.07) is 8.70. The van der Waals surface area contributed by atoms with Crippen LogP contribution in [0, 0.1) is 12.9 Å². The fraction of sp³-hybridized carbons (Fsp3) is 0.105. The third-order valence-electron chi connectivity index (χ3n) is 3.91. The first kappa shape index (κ1) is 16.6. The van der Waals surface area contributed by atoms with Crippen LogP contribution in [-0.2, 0) is 6.42 Å². The van der Waals surface area contributed by atoms with Crippen molar-refractivity contribution < 1.29 is 9.18 Å². The molecule has 1 amide bonds. The molecule has 0 saturated carbocycles. The molecule has 126 valence electrons. The highest BCUT2D eigenvalue weighted by Gasteiger charge is 2.15. The van der Waals surface area contributed by atoms with E-state index in [4.69, 9.17) is 11.5 Å². The first-order chi connectivity index (χ1) is 11.9. The number of aromatic nitrogens is 1. The molecule has 5 nitrogen and oxygen atoms in total. The van der Waals surface area contributed by atoms with Gasteiger partial charge in [0, 0.05) is 16.8 Å². The number of nitrogens with two attached hydrogens (primary N) is 2. The van der Waals surface area contributed by atoms with Gasteiger partial charge in [-0.25, -0.2) is 4.98 Å². The Morgan fingerprint density at radius 1 is 1.24 bits per heavy atom. The number of carbonyl (C=O) groups excluding carboxylic acids is 1. The van der Waals surface area contributed by atoms with E-state index in [2.05, 4.69) is 9.98 Å². The predicted molar refractivity (Wildman–Crippen MR) is 96.2 cm³/mol. The van der Waals surface area contributed by atoms with Gasteiger partial charge in [-0.05, 0) is 54.3 Å². The van der Waals surface area contributed by atoms with Crippen molar-refractivity contribution in [2.24, 2.45) is 16.5 Å². The predicted octanol–water partition coefficient (Wildman–Crippen LogP) is 2.60. The number of nitrogens with zero attached hydrogens (tertiary/aromatic N) is 2. The number of rotatable bonds is 2. The summed E-state index contributed by atoms with van der Waals surface area (Å²) >= 11 is 0. The van der Waals surface area contributed by atoms with E-state index in [1.807, 2.05) is 24.3 Å². The fourth-order valence-electron chi connectivity index (χ4n) is 2.72. The molecule has 1 aromatic heterocycles. The maximum atomic E-state index is 14.2. The number of allylic oxidation sites excluding steroid dienone is 3. The van der Waals surface area contributed by atoms with Gasteiger partial charge < -0.3 is 11.5 Å². The van der Waals surface area contributed by atoms with Gasteiger partial charge in [0.15, 0.2) is 5.96 Å². The number of aryl methyl sites for hydroxylation is 1. The van der Waals surface area contributed by atoms with Gasteiger partial charge in [0.05, 0.1) is 0 Å². The molecule has 1 aliphatic rings. The Morgan fingerprint density at radius 3 is 2.76 bits per heavy atom. The third-order valence-corrected chi connectivity index (χ3v) is 3.91. The van der Waals surface area contributed by atoms with Crippen LogP contribution in [-0.4, -0.2) is 16.9 Å². The van der Waals surface area contributed by atoms with Crippen molar-refractivity contribution in [3.8, 4) is 0 Å². The van der Waals surface area contributed by atoms with E-state index in [-0.39, 0.29) is 5.96 Å².